The molecule has 0 bridgehead atoms. The highest BCUT2D eigenvalue weighted by molar-refractivity contribution is 5.91. The first kappa shape index (κ1) is 41.0. The number of nitrogens with zero attached hydrogens (tertiary/aromatic N) is 3. The Hall–Kier alpha value is -5.80. The Bertz CT molecular complexity index is 1730. The zero-order chi connectivity index (χ0) is 38.7. The van der Waals surface area contributed by atoms with E-state index in [0.717, 1.165) is 12.8 Å². The number of amides is 2. The molecule has 3 aromatic rings. The van der Waals surface area contributed by atoms with Gasteiger partial charge in [0.15, 0.2) is 18.5 Å². The molecule has 0 aromatic heterocycles. The lowest BCUT2D eigenvalue weighted by molar-refractivity contribution is -0.265. The molecule has 0 radical (unpaired) electrons. The molecule has 4 N–H and O–H groups in total. The fraction of sp³-hybridized carbons (Fsp3) is 0.395. The molecular formula is C38H44N6O10. The van der Waals surface area contributed by atoms with E-state index in [1.807, 2.05) is 0 Å². The van der Waals surface area contributed by atoms with E-state index in [2.05, 4.69) is 20.7 Å². The van der Waals surface area contributed by atoms with Gasteiger partial charge in [0, 0.05) is 18.3 Å². The van der Waals surface area contributed by atoms with Crippen LogP contribution in [0.3, 0.4) is 0 Å². The summed E-state index contributed by atoms with van der Waals surface area (Å²) in [7, 11) is 0. The van der Waals surface area contributed by atoms with Crippen LogP contribution in [0.25, 0.3) is 10.4 Å². The lowest BCUT2D eigenvalue weighted by atomic mass is 9.95. The first-order chi connectivity index (χ1) is 26.2. The van der Waals surface area contributed by atoms with Crippen molar-refractivity contribution in [2.75, 3.05) is 26.2 Å². The molecule has 3 aromatic carbocycles. The van der Waals surface area contributed by atoms with E-state index < -0.39 is 67.1 Å². The number of carbonyl (C=O) groups is 5. The average molecular weight is 745 g/mol. The van der Waals surface area contributed by atoms with Crippen molar-refractivity contribution in [1.82, 2.24) is 10.6 Å². The zero-order valence-electron chi connectivity index (χ0n) is 29.8. The molecule has 6 atom stereocenters. The van der Waals surface area contributed by atoms with E-state index in [1.165, 1.54) is 31.2 Å². The molecule has 1 aliphatic heterocycles. The van der Waals surface area contributed by atoms with Crippen LogP contribution in [0.4, 0.5) is 0 Å². The molecule has 1 aliphatic rings. The van der Waals surface area contributed by atoms with Gasteiger partial charge in [0.1, 0.15) is 18.2 Å². The van der Waals surface area contributed by atoms with Crippen LogP contribution in [0.5, 0.6) is 0 Å². The van der Waals surface area contributed by atoms with E-state index >= 15 is 0 Å². The molecule has 16 heteroatoms. The molecule has 1 fully saturated rings. The average Bonchev–Trinajstić information content (AvgIpc) is 3.19. The number of nitrogens with one attached hydrogen (secondary N) is 2. The highest BCUT2D eigenvalue weighted by atomic mass is 16.7. The molecule has 0 aliphatic carbocycles. The summed E-state index contributed by atoms with van der Waals surface area (Å²) in [5.41, 5.74) is 15.4. The standard InChI is InChI=1S/C38H44N6O10/c1-25(45)43-32-34(54-37(49)28-18-10-4-11-19-28)33(53-36(48)27-16-8-3-9-17-27)30(23-42-44-40)52-38(32)50-24-29(22-41-31(46)20-12-5-13-21-39)51-35(47)26-14-6-2-7-15-26/h2-4,6-11,14-19,29-30,32-34,38H,5,12-13,20-24,39H2,1H3,(H,41,46)(H,43,45). The lowest BCUT2D eigenvalue weighted by Crippen LogP contribution is -2.66. The molecule has 0 spiro atoms. The van der Waals surface area contributed by atoms with Crippen molar-refractivity contribution in [1.29, 1.82) is 0 Å². The van der Waals surface area contributed by atoms with E-state index in [9.17, 15) is 29.5 Å². The minimum absolute atomic E-state index is 0.141. The normalized spacial score (nSPS) is 19.6. The van der Waals surface area contributed by atoms with Crippen molar-refractivity contribution >= 4 is 29.7 Å². The molecule has 0 saturated carbocycles. The minimum atomic E-state index is -1.45. The number of benzene rings is 3. The first-order valence-electron chi connectivity index (χ1n) is 17.5. The predicted octanol–water partition coefficient (Wildman–Crippen LogP) is 3.86. The predicted molar refractivity (Wildman–Crippen MR) is 194 cm³/mol. The molecule has 4 rings (SSSR count). The van der Waals surface area contributed by atoms with Crippen molar-refractivity contribution in [3.63, 3.8) is 0 Å². The number of unbranched alkanes of at least 4 members (excludes halogenated alkanes) is 2. The summed E-state index contributed by atoms with van der Waals surface area (Å²) in [5, 5.41) is 9.07. The summed E-state index contributed by atoms with van der Waals surface area (Å²) >= 11 is 0. The van der Waals surface area contributed by atoms with Crippen molar-refractivity contribution in [2.45, 2.75) is 69.4 Å². The van der Waals surface area contributed by atoms with Crippen LogP contribution >= 0.6 is 0 Å². The second kappa shape index (κ2) is 21.7. The second-order valence-corrected chi connectivity index (χ2v) is 12.3. The SMILES string of the molecule is CC(=O)NC1C(OCC(CNC(=O)CCCCCN)OC(=O)c2ccccc2)OC(CN=[N+]=[N-])C(OC(=O)c2ccccc2)C1OC(=O)c1ccccc1. The van der Waals surface area contributed by atoms with Crippen LogP contribution in [-0.4, -0.2) is 92.7 Å². The van der Waals surface area contributed by atoms with Crippen LogP contribution in [0, 0.1) is 0 Å². The third kappa shape index (κ3) is 12.7. The van der Waals surface area contributed by atoms with Crippen molar-refractivity contribution < 1.29 is 47.7 Å². The maximum Gasteiger partial charge on any atom is 0.338 e. The van der Waals surface area contributed by atoms with Crippen LogP contribution in [0.2, 0.25) is 0 Å². The van der Waals surface area contributed by atoms with Crippen molar-refractivity contribution in [2.24, 2.45) is 10.8 Å². The Kier molecular flexibility index (Phi) is 16.4. The fourth-order valence-electron chi connectivity index (χ4n) is 5.57. The Morgan fingerprint density at radius 3 is 1.91 bits per heavy atom. The first-order valence-corrected chi connectivity index (χ1v) is 17.5. The molecule has 2 amide bonds. The topological polar surface area (TPSA) is 230 Å². The highest BCUT2D eigenvalue weighted by Crippen LogP contribution is 2.29. The van der Waals surface area contributed by atoms with Gasteiger partial charge in [0.2, 0.25) is 11.8 Å². The summed E-state index contributed by atoms with van der Waals surface area (Å²) in [5.74, 6) is -3.16. The minimum Gasteiger partial charge on any atom is -0.454 e. The summed E-state index contributed by atoms with van der Waals surface area (Å²) in [6.45, 7) is 0.817. The summed E-state index contributed by atoms with van der Waals surface area (Å²) < 4.78 is 30.0. The lowest BCUT2D eigenvalue weighted by Gasteiger charge is -2.45. The van der Waals surface area contributed by atoms with Gasteiger partial charge in [-0.25, -0.2) is 14.4 Å². The van der Waals surface area contributed by atoms with Gasteiger partial charge in [0.25, 0.3) is 0 Å². The Morgan fingerprint density at radius 1 is 0.815 bits per heavy atom. The number of esters is 3. The molecule has 286 valence electrons. The summed E-state index contributed by atoms with van der Waals surface area (Å²) in [6, 6.07) is 22.9. The number of hydrogen-bond donors (Lipinski definition) is 3. The van der Waals surface area contributed by atoms with E-state index in [1.54, 1.807) is 66.7 Å². The van der Waals surface area contributed by atoms with Gasteiger partial charge < -0.3 is 40.1 Å². The number of rotatable bonds is 19. The molecular weight excluding hydrogens is 700 g/mol. The Morgan fingerprint density at radius 2 is 1.37 bits per heavy atom. The Labute approximate surface area is 312 Å². The monoisotopic (exact) mass is 744 g/mol. The summed E-state index contributed by atoms with van der Waals surface area (Å²) in [4.78, 5) is 68.1. The number of nitrogens with two attached hydrogens (primary N) is 1. The zero-order valence-corrected chi connectivity index (χ0v) is 29.8. The van der Waals surface area contributed by atoms with Crippen LogP contribution in [0.15, 0.2) is 96.1 Å². The smallest absolute Gasteiger partial charge is 0.338 e. The third-order valence-corrected chi connectivity index (χ3v) is 8.21. The van der Waals surface area contributed by atoms with Crippen molar-refractivity contribution in [3.8, 4) is 0 Å². The van der Waals surface area contributed by atoms with Gasteiger partial charge in [-0.05, 0) is 61.3 Å². The second-order valence-electron chi connectivity index (χ2n) is 12.3. The van der Waals surface area contributed by atoms with Crippen LogP contribution in [0.1, 0.15) is 63.7 Å². The van der Waals surface area contributed by atoms with Crippen molar-refractivity contribution in [3.05, 3.63) is 118 Å². The molecule has 6 unspecified atom stereocenters. The van der Waals surface area contributed by atoms with E-state index in [0.29, 0.717) is 13.0 Å². The van der Waals surface area contributed by atoms with Crippen LogP contribution < -0.4 is 16.4 Å². The molecule has 1 saturated heterocycles. The molecule has 16 nitrogen and oxygen atoms in total. The third-order valence-electron chi connectivity index (χ3n) is 8.21. The number of carbonyl (C=O) groups excluding carboxylic acids is 5. The molecule has 54 heavy (non-hydrogen) atoms. The fourth-order valence-corrected chi connectivity index (χ4v) is 5.57. The van der Waals surface area contributed by atoms with Gasteiger partial charge in [-0.15, -0.1) is 0 Å². The van der Waals surface area contributed by atoms with E-state index in [4.69, 9.17) is 29.4 Å². The van der Waals surface area contributed by atoms with Gasteiger partial charge >= 0.3 is 17.9 Å². The number of azide groups is 1. The number of ether oxygens (including phenoxy) is 5. The van der Waals surface area contributed by atoms with Crippen LogP contribution in [-0.2, 0) is 33.3 Å². The molecule has 1 heterocycles. The van der Waals surface area contributed by atoms with Gasteiger partial charge in [-0.3, -0.25) is 9.59 Å². The number of hydrogen-bond acceptors (Lipinski definition) is 12. The quantitative estimate of drug-likeness (QED) is 0.0398. The maximum absolute atomic E-state index is 13.5. The van der Waals surface area contributed by atoms with E-state index in [-0.39, 0.29) is 42.2 Å². The highest BCUT2D eigenvalue weighted by Gasteiger charge is 2.51. The van der Waals surface area contributed by atoms with Gasteiger partial charge in [-0.1, -0.05) is 66.1 Å². The maximum atomic E-state index is 13.5. The Balaban J connectivity index is 1.64. The van der Waals surface area contributed by atoms with Gasteiger partial charge in [-0.2, -0.15) is 0 Å². The summed E-state index contributed by atoms with van der Waals surface area (Å²) in [6.07, 6.45) is -4.23. The van der Waals surface area contributed by atoms with Gasteiger partial charge in [0.05, 0.1) is 36.4 Å². The largest absolute Gasteiger partial charge is 0.454 e.